The number of hydrogen-bond acceptors (Lipinski definition) is 3. The average molecular weight is 289 g/mol. The van der Waals surface area contributed by atoms with Crippen LogP contribution in [-0.2, 0) is 9.53 Å². The Bertz CT molecular complexity index is 480. The second-order valence-electron chi connectivity index (χ2n) is 5.57. The first kappa shape index (κ1) is 15.7. The minimum Gasteiger partial charge on any atom is -0.389 e. The minimum absolute atomic E-state index is 0.197. The van der Waals surface area contributed by atoms with E-state index < -0.39 is 6.10 Å². The number of carbonyl (C=O) groups excluding carboxylic acids is 1. The molecule has 0 radical (unpaired) electrons. The first-order chi connectivity index (χ1) is 10.1. The fourth-order valence-corrected chi connectivity index (χ4v) is 1.96. The molecule has 0 spiro atoms. The van der Waals surface area contributed by atoms with Crippen LogP contribution >= 0.6 is 0 Å². The van der Waals surface area contributed by atoms with E-state index in [4.69, 9.17) is 4.74 Å². The average Bonchev–Trinajstić information content (AvgIpc) is 3.30. The highest BCUT2D eigenvalue weighted by atomic mass is 16.5. The van der Waals surface area contributed by atoms with E-state index in [0.717, 1.165) is 17.7 Å². The Kier molecular flexibility index (Phi) is 5.96. The summed E-state index contributed by atoms with van der Waals surface area (Å²) in [7, 11) is 0. The number of ether oxygens (including phenoxy) is 1. The summed E-state index contributed by atoms with van der Waals surface area (Å²) in [4.78, 5) is 11.8. The van der Waals surface area contributed by atoms with E-state index in [2.05, 4.69) is 5.32 Å². The van der Waals surface area contributed by atoms with Gasteiger partial charge >= 0.3 is 0 Å². The Morgan fingerprint density at radius 1 is 1.43 bits per heavy atom. The molecule has 21 heavy (non-hydrogen) atoms. The molecule has 2 rings (SSSR count). The van der Waals surface area contributed by atoms with Crippen LogP contribution in [0.15, 0.2) is 36.4 Å². The number of hydrogen-bond donors (Lipinski definition) is 2. The van der Waals surface area contributed by atoms with E-state index in [9.17, 15) is 9.90 Å². The molecular weight excluding hydrogens is 266 g/mol. The van der Waals surface area contributed by atoms with Crippen LogP contribution in [0.3, 0.4) is 0 Å². The molecule has 1 amide bonds. The maximum Gasteiger partial charge on any atom is 0.244 e. The lowest BCUT2D eigenvalue weighted by molar-refractivity contribution is -0.117. The van der Waals surface area contributed by atoms with E-state index >= 15 is 0 Å². The van der Waals surface area contributed by atoms with Gasteiger partial charge in [0.2, 0.25) is 5.91 Å². The smallest absolute Gasteiger partial charge is 0.244 e. The van der Waals surface area contributed by atoms with E-state index in [1.807, 2.05) is 37.3 Å². The predicted molar refractivity (Wildman–Crippen MR) is 82.7 cm³/mol. The van der Waals surface area contributed by atoms with Gasteiger partial charge in [0.05, 0.1) is 12.7 Å². The molecular formula is C17H23NO3. The predicted octanol–water partition coefficient (Wildman–Crippen LogP) is 1.99. The number of carbonyl (C=O) groups is 1. The van der Waals surface area contributed by atoms with Crippen molar-refractivity contribution in [2.75, 3.05) is 19.8 Å². The second kappa shape index (κ2) is 7.96. The molecule has 1 aliphatic carbocycles. The van der Waals surface area contributed by atoms with Gasteiger partial charge in [-0.05, 0) is 36.8 Å². The van der Waals surface area contributed by atoms with Crippen molar-refractivity contribution in [3.63, 3.8) is 0 Å². The number of benzene rings is 1. The molecule has 0 aliphatic heterocycles. The largest absolute Gasteiger partial charge is 0.389 e. The van der Waals surface area contributed by atoms with Gasteiger partial charge < -0.3 is 15.2 Å². The van der Waals surface area contributed by atoms with Crippen LogP contribution < -0.4 is 5.32 Å². The third kappa shape index (κ3) is 6.10. The first-order valence-electron chi connectivity index (χ1n) is 7.42. The molecule has 4 nitrogen and oxygen atoms in total. The van der Waals surface area contributed by atoms with Crippen LogP contribution in [0.5, 0.6) is 0 Å². The highest BCUT2D eigenvalue weighted by molar-refractivity contribution is 5.94. The molecule has 1 aromatic rings. The van der Waals surface area contributed by atoms with Crippen molar-refractivity contribution >= 4 is 11.5 Å². The van der Waals surface area contributed by atoms with Crippen molar-refractivity contribution in [3.05, 3.63) is 42.0 Å². The standard InChI is InChI=1S/C17H23NO3/c1-13(15-5-3-2-4-6-15)9-17(20)18-10-16(19)12-21-11-14-7-8-14/h2-6,9,14,16,19H,7-8,10-12H2,1H3,(H,18,20). The number of nitrogens with one attached hydrogen (secondary N) is 1. The Morgan fingerprint density at radius 2 is 2.14 bits per heavy atom. The fraction of sp³-hybridized carbons (Fsp3) is 0.471. The lowest BCUT2D eigenvalue weighted by Gasteiger charge is -2.11. The molecule has 1 fully saturated rings. The van der Waals surface area contributed by atoms with Gasteiger partial charge in [-0.15, -0.1) is 0 Å². The normalized spacial score (nSPS) is 16.6. The van der Waals surface area contributed by atoms with Gasteiger partial charge in [0.15, 0.2) is 0 Å². The van der Waals surface area contributed by atoms with Crippen LogP contribution in [0.1, 0.15) is 25.3 Å². The van der Waals surface area contributed by atoms with Gasteiger partial charge in [-0.25, -0.2) is 0 Å². The maximum absolute atomic E-state index is 11.8. The molecule has 4 heteroatoms. The lowest BCUT2D eigenvalue weighted by Crippen LogP contribution is -2.33. The number of rotatable bonds is 8. The Labute approximate surface area is 125 Å². The van der Waals surface area contributed by atoms with E-state index in [1.54, 1.807) is 6.08 Å². The van der Waals surface area contributed by atoms with Crippen LogP contribution in [0.4, 0.5) is 0 Å². The van der Waals surface area contributed by atoms with Crippen LogP contribution in [0.25, 0.3) is 5.57 Å². The third-order valence-electron chi connectivity index (χ3n) is 3.45. The first-order valence-corrected chi connectivity index (χ1v) is 7.42. The number of amides is 1. The molecule has 0 saturated heterocycles. The zero-order valence-electron chi connectivity index (χ0n) is 12.4. The highest BCUT2D eigenvalue weighted by Crippen LogP contribution is 2.28. The zero-order chi connectivity index (χ0) is 15.1. The summed E-state index contributed by atoms with van der Waals surface area (Å²) in [6, 6.07) is 9.73. The Balaban J connectivity index is 1.68. The number of allylic oxidation sites excluding steroid dienone is 1. The van der Waals surface area contributed by atoms with Gasteiger partial charge in [-0.3, -0.25) is 4.79 Å². The van der Waals surface area contributed by atoms with Crippen molar-refractivity contribution in [1.29, 1.82) is 0 Å². The molecule has 1 unspecified atom stereocenters. The zero-order valence-corrected chi connectivity index (χ0v) is 12.4. The molecule has 1 aromatic carbocycles. The summed E-state index contributed by atoms with van der Waals surface area (Å²) >= 11 is 0. The monoisotopic (exact) mass is 289 g/mol. The molecule has 2 N–H and O–H groups in total. The third-order valence-corrected chi connectivity index (χ3v) is 3.45. The van der Waals surface area contributed by atoms with Gasteiger partial charge in [0, 0.05) is 19.2 Å². The van der Waals surface area contributed by atoms with Crippen molar-refractivity contribution in [3.8, 4) is 0 Å². The topological polar surface area (TPSA) is 58.6 Å². The van der Waals surface area contributed by atoms with Gasteiger partial charge in [0.25, 0.3) is 0 Å². The molecule has 0 heterocycles. The minimum atomic E-state index is -0.655. The van der Waals surface area contributed by atoms with Crippen LogP contribution in [-0.4, -0.2) is 36.9 Å². The molecule has 1 atom stereocenters. The Hall–Kier alpha value is -1.65. The van der Waals surface area contributed by atoms with E-state index in [-0.39, 0.29) is 19.1 Å². The van der Waals surface area contributed by atoms with E-state index in [0.29, 0.717) is 5.92 Å². The maximum atomic E-state index is 11.8. The van der Waals surface area contributed by atoms with Crippen LogP contribution in [0, 0.1) is 5.92 Å². The van der Waals surface area contributed by atoms with Gasteiger partial charge in [0.1, 0.15) is 0 Å². The summed E-state index contributed by atoms with van der Waals surface area (Å²) in [6.07, 6.45) is 3.36. The fourth-order valence-electron chi connectivity index (χ4n) is 1.96. The van der Waals surface area contributed by atoms with Gasteiger partial charge in [-0.2, -0.15) is 0 Å². The summed E-state index contributed by atoms with van der Waals surface area (Å²) < 4.78 is 5.39. The SMILES string of the molecule is CC(=CC(=O)NCC(O)COCC1CC1)c1ccccc1. The van der Waals surface area contributed by atoms with Gasteiger partial charge in [-0.1, -0.05) is 30.3 Å². The molecule has 114 valence electrons. The van der Waals surface area contributed by atoms with Crippen molar-refractivity contribution < 1.29 is 14.6 Å². The molecule has 1 saturated carbocycles. The highest BCUT2D eigenvalue weighted by Gasteiger charge is 2.21. The lowest BCUT2D eigenvalue weighted by atomic mass is 10.1. The summed E-state index contributed by atoms with van der Waals surface area (Å²) in [5, 5.41) is 12.4. The quantitative estimate of drug-likeness (QED) is 0.720. The Morgan fingerprint density at radius 3 is 2.81 bits per heavy atom. The number of aliphatic hydroxyl groups is 1. The van der Waals surface area contributed by atoms with Crippen molar-refractivity contribution in [2.24, 2.45) is 5.92 Å². The van der Waals surface area contributed by atoms with E-state index in [1.165, 1.54) is 12.8 Å². The molecule has 0 bridgehead atoms. The number of aliphatic hydroxyl groups excluding tert-OH is 1. The van der Waals surface area contributed by atoms with Crippen molar-refractivity contribution in [2.45, 2.75) is 25.9 Å². The van der Waals surface area contributed by atoms with Crippen molar-refractivity contribution in [1.82, 2.24) is 5.32 Å². The summed E-state index contributed by atoms with van der Waals surface area (Å²) in [5.74, 6) is 0.487. The summed E-state index contributed by atoms with van der Waals surface area (Å²) in [5.41, 5.74) is 1.91. The summed E-state index contributed by atoms with van der Waals surface area (Å²) in [6.45, 7) is 3.10. The van der Waals surface area contributed by atoms with Crippen LogP contribution in [0.2, 0.25) is 0 Å². The molecule has 0 aromatic heterocycles. The second-order valence-corrected chi connectivity index (χ2v) is 5.57. The molecule has 1 aliphatic rings.